The van der Waals surface area contributed by atoms with Crippen molar-refractivity contribution in [1.29, 1.82) is 0 Å². The van der Waals surface area contributed by atoms with Crippen molar-refractivity contribution < 1.29 is 0 Å². The van der Waals surface area contributed by atoms with Crippen LogP contribution in [0, 0.1) is 20.8 Å². The molecule has 0 aliphatic heterocycles. The molecular weight excluding hydrogens is 246 g/mol. The quantitative estimate of drug-likeness (QED) is 0.703. The topological polar surface area (TPSA) is 32.9 Å². The summed E-state index contributed by atoms with van der Waals surface area (Å²) in [6.07, 6.45) is 0. The minimum Gasteiger partial charge on any atom is -0.354 e. The van der Waals surface area contributed by atoms with E-state index in [2.05, 4.69) is 37.9 Å². The fourth-order valence-corrected chi connectivity index (χ4v) is 2.94. The van der Waals surface area contributed by atoms with E-state index in [1.807, 2.05) is 24.3 Å². The van der Waals surface area contributed by atoms with Crippen LogP contribution >= 0.6 is 0 Å². The maximum absolute atomic E-state index is 12.2. The van der Waals surface area contributed by atoms with Crippen LogP contribution in [0.25, 0.3) is 22.2 Å². The Balaban J connectivity index is 2.33. The van der Waals surface area contributed by atoms with Crippen LogP contribution in [0.1, 0.15) is 16.7 Å². The molecule has 3 aromatic rings. The smallest absolute Gasteiger partial charge is 0.190 e. The number of hydrogen-bond donors (Lipinski definition) is 1. The van der Waals surface area contributed by atoms with Gasteiger partial charge in [0.2, 0.25) is 0 Å². The van der Waals surface area contributed by atoms with Gasteiger partial charge in [0.05, 0.1) is 5.69 Å². The zero-order valence-corrected chi connectivity index (χ0v) is 11.9. The molecule has 0 saturated heterocycles. The maximum Gasteiger partial charge on any atom is 0.190 e. The lowest BCUT2D eigenvalue weighted by atomic mass is 9.96. The molecular formula is C18H17NO. The third-order valence-electron chi connectivity index (χ3n) is 3.68. The van der Waals surface area contributed by atoms with Gasteiger partial charge in [-0.3, -0.25) is 4.79 Å². The summed E-state index contributed by atoms with van der Waals surface area (Å²) >= 11 is 0. The SMILES string of the molecule is Cc1cc(C)c(-c2cc(=O)c3ccccc3[nH]2)c(C)c1. The van der Waals surface area contributed by atoms with E-state index in [0.717, 1.165) is 22.2 Å². The van der Waals surface area contributed by atoms with Gasteiger partial charge in [0.15, 0.2) is 5.43 Å². The number of rotatable bonds is 1. The Labute approximate surface area is 118 Å². The molecule has 1 N–H and O–H groups in total. The van der Waals surface area contributed by atoms with Crippen molar-refractivity contribution >= 4 is 10.9 Å². The molecule has 0 atom stereocenters. The van der Waals surface area contributed by atoms with Gasteiger partial charge >= 0.3 is 0 Å². The van der Waals surface area contributed by atoms with Crippen LogP contribution in [0.3, 0.4) is 0 Å². The highest BCUT2D eigenvalue weighted by Crippen LogP contribution is 2.27. The molecule has 0 amide bonds. The van der Waals surface area contributed by atoms with E-state index in [4.69, 9.17) is 0 Å². The van der Waals surface area contributed by atoms with Crippen LogP contribution in [-0.4, -0.2) is 4.98 Å². The van der Waals surface area contributed by atoms with Gasteiger partial charge in [-0.05, 0) is 44.0 Å². The molecule has 2 nitrogen and oxygen atoms in total. The Hall–Kier alpha value is -2.35. The number of aromatic nitrogens is 1. The number of aromatic amines is 1. The van der Waals surface area contributed by atoms with Gasteiger partial charge in [-0.25, -0.2) is 0 Å². The van der Waals surface area contributed by atoms with E-state index in [-0.39, 0.29) is 5.43 Å². The van der Waals surface area contributed by atoms with Crippen molar-refractivity contribution in [2.24, 2.45) is 0 Å². The number of H-pyrrole nitrogens is 1. The summed E-state index contributed by atoms with van der Waals surface area (Å²) in [6.45, 7) is 6.26. The van der Waals surface area contributed by atoms with Gasteiger partial charge in [-0.2, -0.15) is 0 Å². The average molecular weight is 263 g/mol. The molecule has 2 aromatic carbocycles. The van der Waals surface area contributed by atoms with E-state index in [1.165, 1.54) is 16.7 Å². The predicted octanol–water partition coefficient (Wildman–Crippen LogP) is 4.12. The summed E-state index contributed by atoms with van der Waals surface area (Å²) in [5, 5.41) is 0.735. The van der Waals surface area contributed by atoms with Gasteiger partial charge in [0, 0.05) is 22.5 Å². The first-order valence-electron chi connectivity index (χ1n) is 6.76. The summed E-state index contributed by atoms with van der Waals surface area (Å²) < 4.78 is 0. The van der Waals surface area contributed by atoms with E-state index in [1.54, 1.807) is 6.07 Å². The Kier molecular flexibility index (Phi) is 2.94. The number of aryl methyl sites for hydroxylation is 3. The standard InChI is InChI=1S/C18H17NO/c1-11-8-12(2)18(13(3)9-11)16-10-17(20)14-6-4-5-7-15(14)19-16/h4-10H,1-3H3,(H,19,20). The van der Waals surface area contributed by atoms with Gasteiger partial charge in [-0.15, -0.1) is 0 Å². The first-order valence-corrected chi connectivity index (χ1v) is 6.76. The van der Waals surface area contributed by atoms with Crippen LogP contribution in [-0.2, 0) is 0 Å². The number of hydrogen-bond acceptors (Lipinski definition) is 1. The molecule has 0 aliphatic carbocycles. The molecule has 2 heteroatoms. The largest absolute Gasteiger partial charge is 0.354 e. The normalized spacial score (nSPS) is 10.9. The zero-order chi connectivity index (χ0) is 14.3. The van der Waals surface area contributed by atoms with E-state index in [9.17, 15) is 4.79 Å². The lowest BCUT2D eigenvalue weighted by molar-refractivity contribution is 1.28. The van der Waals surface area contributed by atoms with Crippen LogP contribution in [0.2, 0.25) is 0 Å². The first kappa shape index (κ1) is 12.7. The van der Waals surface area contributed by atoms with Crippen molar-refractivity contribution in [3.05, 3.63) is 69.4 Å². The van der Waals surface area contributed by atoms with Crippen molar-refractivity contribution in [3.63, 3.8) is 0 Å². The maximum atomic E-state index is 12.2. The highest BCUT2D eigenvalue weighted by atomic mass is 16.1. The van der Waals surface area contributed by atoms with Crippen molar-refractivity contribution in [3.8, 4) is 11.3 Å². The molecule has 0 bridgehead atoms. The summed E-state index contributed by atoms with van der Waals surface area (Å²) in [7, 11) is 0. The van der Waals surface area contributed by atoms with Gasteiger partial charge in [0.25, 0.3) is 0 Å². The van der Waals surface area contributed by atoms with Crippen molar-refractivity contribution in [2.45, 2.75) is 20.8 Å². The molecule has 0 saturated carbocycles. The molecule has 1 aromatic heterocycles. The Morgan fingerprint density at radius 3 is 2.25 bits per heavy atom. The molecule has 0 spiro atoms. The zero-order valence-electron chi connectivity index (χ0n) is 11.9. The Bertz CT molecular complexity index is 836. The summed E-state index contributed by atoms with van der Waals surface area (Å²) in [5.41, 5.74) is 6.58. The van der Waals surface area contributed by atoms with E-state index >= 15 is 0 Å². The van der Waals surface area contributed by atoms with Crippen molar-refractivity contribution in [2.75, 3.05) is 0 Å². The summed E-state index contributed by atoms with van der Waals surface area (Å²) in [5.74, 6) is 0. The molecule has 20 heavy (non-hydrogen) atoms. The summed E-state index contributed by atoms with van der Waals surface area (Å²) in [6, 6.07) is 13.6. The Morgan fingerprint density at radius 2 is 1.55 bits per heavy atom. The van der Waals surface area contributed by atoms with Crippen LogP contribution in [0.4, 0.5) is 0 Å². The van der Waals surface area contributed by atoms with Crippen molar-refractivity contribution in [1.82, 2.24) is 4.98 Å². The molecule has 0 aliphatic rings. The fourth-order valence-electron chi connectivity index (χ4n) is 2.94. The monoisotopic (exact) mass is 263 g/mol. The van der Waals surface area contributed by atoms with Gasteiger partial charge < -0.3 is 4.98 Å². The second-order valence-corrected chi connectivity index (χ2v) is 5.37. The fraction of sp³-hybridized carbons (Fsp3) is 0.167. The molecule has 0 radical (unpaired) electrons. The van der Waals surface area contributed by atoms with Crippen LogP contribution in [0.15, 0.2) is 47.3 Å². The minimum absolute atomic E-state index is 0.0636. The second kappa shape index (κ2) is 4.64. The Morgan fingerprint density at radius 1 is 0.900 bits per heavy atom. The molecule has 100 valence electrons. The number of fused-ring (bicyclic) bond motifs is 1. The molecule has 1 heterocycles. The summed E-state index contributed by atoms with van der Waals surface area (Å²) in [4.78, 5) is 15.6. The van der Waals surface area contributed by atoms with E-state index in [0.29, 0.717) is 0 Å². The van der Waals surface area contributed by atoms with Gasteiger partial charge in [-0.1, -0.05) is 29.8 Å². The average Bonchev–Trinajstić information content (AvgIpc) is 2.37. The number of nitrogens with one attached hydrogen (secondary N) is 1. The number of para-hydroxylation sites is 1. The minimum atomic E-state index is 0.0636. The highest BCUT2D eigenvalue weighted by Gasteiger charge is 2.09. The predicted molar refractivity (Wildman–Crippen MR) is 84.2 cm³/mol. The molecule has 3 rings (SSSR count). The first-order chi connectivity index (χ1) is 9.56. The van der Waals surface area contributed by atoms with Gasteiger partial charge in [0.1, 0.15) is 0 Å². The van der Waals surface area contributed by atoms with Crippen LogP contribution in [0.5, 0.6) is 0 Å². The third-order valence-corrected chi connectivity index (χ3v) is 3.68. The third kappa shape index (κ3) is 2.03. The van der Waals surface area contributed by atoms with E-state index < -0.39 is 0 Å². The highest BCUT2D eigenvalue weighted by molar-refractivity contribution is 5.82. The molecule has 0 fully saturated rings. The second-order valence-electron chi connectivity index (χ2n) is 5.37. The lowest BCUT2D eigenvalue weighted by Gasteiger charge is -2.12. The lowest BCUT2D eigenvalue weighted by Crippen LogP contribution is -2.04. The van der Waals surface area contributed by atoms with Crippen LogP contribution < -0.4 is 5.43 Å². The number of pyridine rings is 1. The number of benzene rings is 2. The molecule has 0 unspecified atom stereocenters.